The number of nitrogens with zero attached hydrogens (tertiary/aromatic N) is 1. The highest BCUT2D eigenvalue weighted by molar-refractivity contribution is 5.62. The maximum absolute atomic E-state index is 11.0. The van der Waals surface area contributed by atoms with Gasteiger partial charge in [-0.25, -0.2) is 0 Å². The second-order valence-corrected chi connectivity index (χ2v) is 5.59. The minimum absolute atomic E-state index is 0.149. The van der Waals surface area contributed by atoms with Gasteiger partial charge in [0, 0.05) is 29.8 Å². The highest BCUT2D eigenvalue weighted by atomic mass is 16.6. The van der Waals surface area contributed by atoms with Crippen LogP contribution in [0.2, 0.25) is 0 Å². The molecule has 0 saturated carbocycles. The molecule has 2 aromatic carbocycles. The Labute approximate surface area is 127 Å². The van der Waals surface area contributed by atoms with Crippen molar-refractivity contribution in [2.75, 3.05) is 6.54 Å². The lowest BCUT2D eigenvalue weighted by Crippen LogP contribution is -2.57. The van der Waals surface area contributed by atoms with Crippen molar-refractivity contribution < 1.29 is 4.92 Å². The van der Waals surface area contributed by atoms with E-state index >= 15 is 0 Å². The van der Waals surface area contributed by atoms with Gasteiger partial charge in [0.25, 0.3) is 5.69 Å². The number of nitro groups is 1. The number of nitrogens with one attached hydrogen (secondary N) is 2. The lowest BCUT2D eigenvalue weighted by atomic mass is 9.80. The number of hydrogen-bond acceptors (Lipinski definition) is 4. The van der Waals surface area contributed by atoms with Crippen molar-refractivity contribution in [1.82, 2.24) is 10.6 Å². The first-order chi connectivity index (χ1) is 10.7. The Hall–Kier alpha value is -2.66. The number of nitro benzene ring substituents is 1. The van der Waals surface area contributed by atoms with Crippen molar-refractivity contribution >= 4 is 11.8 Å². The summed E-state index contributed by atoms with van der Waals surface area (Å²) >= 11 is 0. The average molecular weight is 293 g/mol. The molecule has 0 aliphatic carbocycles. The van der Waals surface area contributed by atoms with Gasteiger partial charge in [0.2, 0.25) is 0 Å². The zero-order valence-electron chi connectivity index (χ0n) is 11.9. The second-order valence-electron chi connectivity index (χ2n) is 5.59. The van der Waals surface area contributed by atoms with Gasteiger partial charge in [-0.15, -0.1) is 0 Å². The molecule has 1 unspecified atom stereocenters. The minimum atomic E-state index is -0.506. The van der Waals surface area contributed by atoms with Gasteiger partial charge in [-0.05, 0) is 35.9 Å². The molecule has 2 heterocycles. The summed E-state index contributed by atoms with van der Waals surface area (Å²) in [6.07, 6.45) is 4.76. The van der Waals surface area contributed by atoms with E-state index in [0.717, 1.165) is 35.2 Å². The second kappa shape index (κ2) is 4.68. The van der Waals surface area contributed by atoms with Crippen molar-refractivity contribution in [3.8, 4) is 0 Å². The van der Waals surface area contributed by atoms with Gasteiger partial charge in [-0.1, -0.05) is 24.3 Å². The van der Waals surface area contributed by atoms with Crippen LogP contribution < -0.4 is 10.6 Å². The topological polar surface area (TPSA) is 67.2 Å². The maximum Gasteiger partial charge on any atom is 0.269 e. The third kappa shape index (κ3) is 1.76. The summed E-state index contributed by atoms with van der Waals surface area (Å²) in [6.45, 7) is 0.767. The molecule has 22 heavy (non-hydrogen) atoms. The Morgan fingerprint density at radius 3 is 2.86 bits per heavy atom. The number of benzene rings is 2. The first kappa shape index (κ1) is 13.0. The monoisotopic (exact) mass is 293 g/mol. The van der Waals surface area contributed by atoms with E-state index in [1.54, 1.807) is 12.1 Å². The van der Waals surface area contributed by atoms with Crippen molar-refractivity contribution in [1.29, 1.82) is 0 Å². The third-order valence-electron chi connectivity index (χ3n) is 4.42. The molecule has 4 rings (SSSR count). The van der Waals surface area contributed by atoms with Crippen molar-refractivity contribution in [3.05, 3.63) is 81.0 Å². The predicted octanol–water partition coefficient (Wildman–Crippen LogP) is 2.52. The number of non-ortho nitro benzene ring substituents is 1. The molecular weight excluding hydrogens is 278 g/mol. The largest absolute Gasteiger partial charge is 0.366 e. The van der Waals surface area contributed by atoms with Crippen molar-refractivity contribution in [3.63, 3.8) is 0 Å². The molecule has 5 heteroatoms. The van der Waals surface area contributed by atoms with Gasteiger partial charge in [-0.3, -0.25) is 15.4 Å². The Balaban J connectivity index is 1.93. The molecule has 0 amide bonds. The maximum atomic E-state index is 11.0. The van der Waals surface area contributed by atoms with E-state index in [-0.39, 0.29) is 10.6 Å². The van der Waals surface area contributed by atoms with Gasteiger partial charge in [-0.2, -0.15) is 0 Å². The smallest absolute Gasteiger partial charge is 0.269 e. The van der Waals surface area contributed by atoms with Gasteiger partial charge in [0.15, 0.2) is 0 Å². The predicted molar refractivity (Wildman–Crippen MR) is 84.2 cm³/mol. The number of fused-ring (bicyclic) bond motifs is 4. The van der Waals surface area contributed by atoms with E-state index in [0.29, 0.717) is 0 Å². The van der Waals surface area contributed by atoms with Crippen LogP contribution in [0.3, 0.4) is 0 Å². The van der Waals surface area contributed by atoms with Crippen LogP contribution in [0.4, 0.5) is 5.69 Å². The molecule has 2 aromatic rings. The van der Waals surface area contributed by atoms with Crippen LogP contribution in [0.15, 0.2) is 48.7 Å². The van der Waals surface area contributed by atoms with E-state index in [9.17, 15) is 10.1 Å². The van der Waals surface area contributed by atoms with Crippen molar-refractivity contribution in [2.45, 2.75) is 12.1 Å². The molecular formula is C17H15N3O2. The molecule has 110 valence electrons. The summed E-state index contributed by atoms with van der Waals surface area (Å²) in [5, 5.41) is 18.0. The lowest BCUT2D eigenvalue weighted by molar-refractivity contribution is -0.384. The molecule has 2 N–H and O–H groups in total. The highest BCUT2D eigenvalue weighted by Crippen LogP contribution is 2.38. The van der Waals surface area contributed by atoms with Crippen LogP contribution in [0.5, 0.6) is 0 Å². The van der Waals surface area contributed by atoms with Crippen LogP contribution in [0.25, 0.3) is 6.08 Å². The standard InChI is InChI=1S/C17H15N3O2/c21-20(22)14-5-6-16-13(11-14)8-10-19-17(16)15-4-2-1-3-12(15)7-9-18-17/h1-7,9,11,18-19H,8,10H2. The van der Waals surface area contributed by atoms with Crippen LogP contribution in [-0.2, 0) is 12.1 Å². The molecule has 0 radical (unpaired) electrons. The van der Waals surface area contributed by atoms with Gasteiger partial charge >= 0.3 is 0 Å². The first-order valence-corrected chi connectivity index (χ1v) is 7.27. The average Bonchev–Trinajstić information content (AvgIpc) is 2.55. The quantitative estimate of drug-likeness (QED) is 0.626. The Kier molecular flexibility index (Phi) is 2.77. The SMILES string of the molecule is O=[N+]([O-])c1ccc2c(c1)CCNC21NC=Cc2ccccc21. The molecule has 1 atom stereocenters. The summed E-state index contributed by atoms with van der Waals surface area (Å²) in [5.74, 6) is 0. The van der Waals surface area contributed by atoms with E-state index in [2.05, 4.69) is 22.8 Å². The van der Waals surface area contributed by atoms with Gasteiger partial charge in [0.05, 0.1) is 4.92 Å². The summed E-state index contributed by atoms with van der Waals surface area (Å²) in [7, 11) is 0. The first-order valence-electron chi connectivity index (χ1n) is 7.27. The molecule has 0 fully saturated rings. The van der Waals surface area contributed by atoms with E-state index in [1.165, 1.54) is 0 Å². The third-order valence-corrected chi connectivity index (χ3v) is 4.42. The van der Waals surface area contributed by atoms with E-state index < -0.39 is 5.66 Å². The van der Waals surface area contributed by atoms with Crippen molar-refractivity contribution in [2.24, 2.45) is 0 Å². The molecule has 0 bridgehead atoms. The summed E-state index contributed by atoms with van der Waals surface area (Å²) < 4.78 is 0. The molecule has 2 aliphatic heterocycles. The number of rotatable bonds is 1. The molecule has 1 spiro atoms. The van der Waals surface area contributed by atoms with E-state index in [4.69, 9.17) is 0 Å². The zero-order chi connectivity index (χ0) is 15.2. The Bertz CT molecular complexity index is 800. The van der Waals surface area contributed by atoms with Crippen LogP contribution in [0, 0.1) is 10.1 Å². The Morgan fingerprint density at radius 2 is 2.00 bits per heavy atom. The summed E-state index contributed by atoms with van der Waals surface area (Å²) in [4.78, 5) is 10.7. The van der Waals surface area contributed by atoms with Crippen LogP contribution in [0.1, 0.15) is 22.3 Å². The highest BCUT2D eigenvalue weighted by Gasteiger charge is 2.40. The van der Waals surface area contributed by atoms with Crippen LogP contribution in [-0.4, -0.2) is 11.5 Å². The Morgan fingerprint density at radius 1 is 1.14 bits per heavy atom. The summed E-state index contributed by atoms with van der Waals surface area (Å²) in [6, 6.07) is 13.3. The van der Waals surface area contributed by atoms with Crippen LogP contribution >= 0.6 is 0 Å². The molecule has 2 aliphatic rings. The molecule has 0 aromatic heterocycles. The van der Waals surface area contributed by atoms with Gasteiger partial charge < -0.3 is 5.32 Å². The number of hydrogen-bond donors (Lipinski definition) is 2. The van der Waals surface area contributed by atoms with E-state index in [1.807, 2.05) is 30.5 Å². The molecule has 5 nitrogen and oxygen atoms in total. The zero-order valence-corrected chi connectivity index (χ0v) is 11.9. The lowest BCUT2D eigenvalue weighted by Gasteiger charge is -2.43. The normalized spacial score (nSPS) is 21.8. The summed E-state index contributed by atoms with van der Waals surface area (Å²) in [5.41, 5.74) is 4.02. The fourth-order valence-corrected chi connectivity index (χ4v) is 3.43. The minimum Gasteiger partial charge on any atom is -0.366 e. The van der Waals surface area contributed by atoms with Gasteiger partial charge in [0.1, 0.15) is 5.66 Å². The fraction of sp³-hybridized carbons (Fsp3) is 0.176. The fourth-order valence-electron chi connectivity index (χ4n) is 3.43. The molecule has 0 saturated heterocycles.